The van der Waals surface area contributed by atoms with Crippen molar-refractivity contribution in [3.05, 3.63) is 47.8 Å². The van der Waals surface area contributed by atoms with E-state index in [1.54, 1.807) is 0 Å². The lowest BCUT2D eigenvalue weighted by atomic mass is 9.98. The highest BCUT2D eigenvalue weighted by atomic mass is 15.2. The van der Waals surface area contributed by atoms with Gasteiger partial charge in [0.2, 0.25) is 0 Å². The zero-order chi connectivity index (χ0) is 19.1. The molecular weight excluding hydrogens is 346 g/mol. The standard InChI is InChI=1S/C23H27N5/c1-15-12-17(16-5-6-16)7-8-19(15)22-20-9-10-24-13-21(20)23(27-26-22)25-18-4-3-11-28(2)14-18/h7-10,12-13,16,18H,3-6,11,14H2,1-2H3,(H,25,27)/t18-/m1/s1. The molecule has 0 amide bonds. The molecule has 1 aromatic carbocycles. The lowest BCUT2D eigenvalue weighted by molar-refractivity contribution is 0.261. The van der Waals surface area contributed by atoms with E-state index in [1.807, 2.05) is 12.4 Å². The van der Waals surface area contributed by atoms with Gasteiger partial charge in [-0.25, -0.2) is 0 Å². The first-order valence-corrected chi connectivity index (χ1v) is 10.4. The van der Waals surface area contributed by atoms with Gasteiger partial charge in [-0.05, 0) is 69.3 Å². The van der Waals surface area contributed by atoms with E-state index in [1.165, 1.54) is 36.9 Å². The Kier molecular flexibility index (Phi) is 4.47. The van der Waals surface area contributed by atoms with Gasteiger partial charge in [0.25, 0.3) is 0 Å². The molecule has 0 radical (unpaired) electrons. The van der Waals surface area contributed by atoms with Gasteiger partial charge in [0, 0.05) is 41.3 Å². The second-order valence-corrected chi connectivity index (χ2v) is 8.41. The Morgan fingerprint density at radius 3 is 2.75 bits per heavy atom. The number of hydrogen-bond donors (Lipinski definition) is 1. The number of likely N-dealkylation sites (N-methyl/N-ethyl adjacent to an activating group) is 1. The topological polar surface area (TPSA) is 53.9 Å². The molecule has 2 fully saturated rings. The summed E-state index contributed by atoms with van der Waals surface area (Å²) in [5.74, 6) is 1.61. The maximum Gasteiger partial charge on any atom is 0.158 e. The van der Waals surface area contributed by atoms with Crippen molar-refractivity contribution in [3.63, 3.8) is 0 Å². The van der Waals surface area contributed by atoms with Crippen LogP contribution in [0.2, 0.25) is 0 Å². The second-order valence-electron chi connectivity index (χ2n) is 8.41. The van der Waals surface area contributed by atoms with Crippen LogP contribution in [-0.2, 0) is 0 Å². The number of anilines is 1. The molecule has 144 valence electrons. The van der Waals surface area contributed by atoms with E-state index < -0.39 is 0 Å². The van der Waals surface area contributed by atoms with E-state index in [0.29, 0.717) is 6.04 Å². The molecule has 5 nitrogen and oxygen atoms in total. The predicted octanol–water partition coefficient (Wildman–Crippen LogP) is 4.38. The summed E-state index contributed by atoms with van der Waals surface area (Å²) in [6.45, 7) is 4.38. The van der Waals surface area contributed by atoms with Crippen molar-refractivity contribution < 1.29 is 0 Å². The molecule has 1 aliphatic heterocycles. The van der Waals surface area contributed by atoms with Gasteiger partial charge in [-0.2, -0.15) is 0 Å². The van der Waals surface area contributed by atoms with Crippen molar-refractivity contribution in [1.82, 2.24) is 20.1 Å². The lowest BCUT2D eigenvalue weighted by Gasteiger charge is -2.30. The Morgan fingerprint density at radius 2 is 1.96 bits per heavy atom. The normalized spacial score (nSPS) is 20.4. The average molecular weight is 374 g/mol. The highest BCUT2D eigenvalue weighted by Gasteiger charge is 2.24. The Labute approximate surface area is 166 Å². The zero-order valence-corrected chi connectivity index (χ0v) is 16.7. The minimum Gasteiger partial charge on any atom is -0.364 e. The van der Waals surface area contributed by atoms with Crippen LogP contribution in [0.1, 0.15) is 42.7 Å². The van der Waals surface area contributed by atoms with Gasteiger partial charge in [0.1, 0.15) is 5.69 Å². The maximum absolute atomic E-state index is 4.66. The number of hydrogen-bond acceptors (Lipinski definition) is 5. The number of nitrogens with one attached hydrogen (secondary N) is 1. The first-order valence-electron chi connectivity index (χ1n) is 10.4. The van der Waals surface area contributed by atoms with Gasteiger partial charge in [-0.15, -0.1) is 10.2 Å². The van der Waals surface area contributed by atoms with E-state index in [2.05, 4.69) is 63.6 Å². The van der Waals surface area contributed by atoms with E-state index in [0.717, 1.165) is 46.7 Å². The van der Waals surface area contributed by atoms with Crippen LogP contribution in [-0.4, -0.2) is 46.3 Å². The van der Waals surface area contributed by atoms with Crippen molar-refractivity contribution in [2.24, 2.45) is 0 Å². The van der Waals surface area contributed by atoms with Gasteiger partial charge < -0.3 is 10.2 Å². The highest BCUT2D eigenvalue weighted by molar-refractivity contribution is 6.00. The molecule has 0 unspecified atom stereocenters. The van der Waals surface area contributed by atoms with Crippen LogP contribution < -0.4 is 5.32 Å². The van der Waals surface area contributed by atoms with E-state index in [9.17, 15) is 0 Å². The Balaban J connectivity index is 1.53. The van der Waals surface area contributed by atoms with Gasteiger partial charge in [0.15, 0.2) is 5.82 Å². The van der Waals surface area contributed by atoms with Gasteiger partial charge in [-0.1, -0.05) is 18.2 Å². The Morgan fingerprint density at radius 1 is 1.07 bits per heavy atom. The van der Waals surface area contributed by atoms with Gasteiger partial charge >= 0.3 is 0 Å². The summed E-state index contributed by atoms with van der Waals surface area (Å²) >= 11 is 0. The molecule has 5 rings (SSSR count). The third-order valence-corrected chi connectivity index (χ3v) is 6.10. The quantitative estimate of drug-likeness (QED) is 0.735. The average Bonchev–Trinajstić information content (AvgIpc) is 3.54. The minimum atomic E-state index is 0.405. The molecule has 1 aliphatic carbocycles. The fraction of sp³-hybridized carbons (Fsp3) is 0.435. The number of likely N-dealkylation sites (tertiary alicyclic amines) is 1. The first kappa shape index (κ1) is 17.6. The fourth-order valence-electron chi connectivity index (χ4n) is 4.40. The first-order chi connectivity index (χ1) is 13.7. The Bertz CT molecular complexity index is 1010. The van der Waals surface area contributed by atoms with Crippen molar-refractivity contribution in [3.8, 4) is 11.3 Å². The summed E-state index contributed by atoms with van der Waals surface area (Å²) in [6, 6.07) is 9.27. The maximum atomic E-state index is 4.66. The van der Waals surface area contributed by atoms with Crippen molar-refractivity contribution in [2.75, 3.05) is 25.5 Å². The van der Waals surface area contributed by atoms with Crippen molar-refractivity contribution >= 4 is 16.6 Å². The molecule has 1 saturated heterocycles. The fourth-order valence-corrected chi connectivity index (χ4v) is 4.40. The van der Waals surface area contributed by atoms with Crippen LogP contribution in [0, 0.1) is 6.92 Å². The third kappa shape index (κ3) is 3.35. The van der Waals surface area contributed by atoms with Crippen LogP contribution >= 0.6 is 0 Å². The zero-order valence-electron chi connectivity index (χ0n) is 16.7. The number of piperidine rings is 1. The number of nitrogens with zero attached hydrogens (tertiary/aromatic N) is 4. The van der Waals surface area contributed by atoms with E-state index >= 15 is 0 Å². The van der Waals surface area contributed by atoms with Gasteiger partial charge in [-0.3, -0.25) is 4.98 Å². The number of aromatic nitrogens is 3. The molecule has 0 bridgehead atoms. The largest absolute Gasteiger partial charge is 0.364 e. The van der Waals surface area contributed by atoms with Crippen LogP contribution in [0.5, 0.6) is 0 Å². The van der Waals surface area contributed by atoms with Gasteiger partial charge in [0.05, 0.1) is 0 Å². The monoisotopic (exact) mass is 373 g/mol. The van der Waals surface area contributed by atoms with Crippen LogP contribution in [0.25, 0.3) is 22.0 Å². The molecular formula is C23H27N5. The van der Waals surface area contributed by atoms with Crippen LogP contribution in [0.4, 0.5) is 5.82 Å². The van der Waals surface area contributed by atoms with Crippen molar-refractivity contribution in [1.29, 1.82) is 0 Å². The predicted molar refractivity (Wildman–Crippen MR) is 114 cm³/mol. The number of rotatable bonds is 4. The number of aryl methyl sites for hydroxylation is 1. The smallest absolute Gasteiger partial charge is 0.158 e. The SMILES string of the molecule is Cc1cc(C2CC2)ccc1-c1nnc(N[C@@H]2CCCN(C)C2)c2cnccc12. The number of benzene rings is 1. The molecule has 3 aromatic rings. The molecule has 1 N–H and O–H groups in total. The molecule has 2 aliphatic rings. The second kappa shape index (κ2) is 7.13. The minimum absolute atomic E-state index is 0.405. The number of pyridine rings is 1. The summed E-state index contributed by atoms with van der Waals surface area (Å²) in [7, 11) is 2.18. The summed E-state index contributed by atoms with van der Waals surface area (Å²) in [6.07, 6.45) is 8.78. The highest BCUT2D eigenvalue weighted by Crippen LogP contribution is 2.41. The summed E-state index contributed by atoms with van der Waals surface area (Å²) in [4.78, 5) is 6.74. The molecule has 2 aromatic heterocycles. The van der Waals surface area contributed by atoms with Crippen molar-refractivity contribution in [2.45, 2.75) is 44.6 Å². The Hall–Kier alpha value is -2.53. The van der Waals surface area contributed by atoms with E-state index in [-0.39, 0.29) is 0 Å². The summed E-state index contributed by atoms with van der Waals surface area (Å²) in [5.41, 5.74) is 4.84. The van der Waals surface area contributed by atoms with Crippen LogP contribution in [0.3, 0.4) is 0 Å². The molecule has 1 saturated carbocycles. The summed E-state index contributed by atoms with van der Waals surface area (Å²) in [5, 5.41) is 15.0. The van der Waals surface area contributed by atoms with E-state index in [4.69, 9.17) is 0 Å². The van der Waals surface area contributed by atoms with Crippen LogP contribution in [0.15, 0.2) is 36.7 Å². The lowest BCUT2D eigenvalue weighted by Crippen LogP contribution is -2.40. The summed E-state index contributed by atoms with van der Waals surface area (Å²) < 4.78 is 0. The molecule has 3 heterocycles. The third-order valence-electron chi connectivity index (χ3n) is 6.10. The molecule has 5 heteroatoms. The molecule has 1 atom stereocenters. The number of fused-ring (bicyclic) bond motifs is 1. The molecule has 0 spiro atoms. The molecule has 28 heavy (non-hydrogen) atoms.